The molecule has 140 valence electrons. The van der Waals surface area contributed by atoms with Gasteiger partial charge in [0.05, 0.1) is 17.1 Å². The maximum Gasteiger partial charge on any atom is 0.303 e. The normalized spacial score (nSPS) is 15.2. The fourth-order valence-corrected chi connectivity index (χ4v) is 3.41. The zero-order valence-corrected chi connectivity index (χ0v) is 16.1. The van der Waals surface area contributed by atoms with Gasteiger partial charge in [0.15, 0.2) is 5.71 Å². The number of hydrogen-bond donors (Lipinski definition) is 2. The van der Waals surface area contributed by atoms with Gasteiger partial charge in [-0.1, -0.05) is 29.8 Å². The van der Waals surface area contributed by atoms with E-state index in [2.05, 4.69) is 20.6 Å². The van der Waals surface area contributed by atoms with E-state index >= 15 is 0 Å². The number of hydrogen-bond acceptors (Lipinski definition) is 7. The zero-order chi connectivity index (χ0) is 19.7. The molecular weight excluding hydrogens is 374 g/mol. The van der Waals surface area contributed by atoms with Crippen LogP contribution in [0.3, 0.4) is 0 Å². The molecule has 0 saturated heterocycles. The lowest BCUT2D eigenvalue weighted by Crippen LogP contribution is -2.27. The Balaban J connectivity index is 1.54. The first-order valence-corrected chi connectivity index (χ1v) is 9.44. The number of amides is 1. The summed E-state index contributed by atoms with van der Waals surface area (Å²) in [5, 5.41) is 21.5. The van der Waals surface area contributed by atoms with Crippen molar-refractivity contribution in [3.05, 3.63) is 59.5 Å². The number of rotatable bonds is 4. The fourth-order valence-electron chi connectivity index (χ4n) is 2.63. The summed E-state index contributed by atoms with van der Waals surface area (Å²) in [5.41, 5.74) is 7.16. The van der Waals surface area contributed by atoms with E-state index in [4.69, 9.17) is 0 Å². The second-order valence-corrected chi connectivity index (χ2v) is 7.14. The van der Waals surface area contributed by atoms with Crippen molar-refractivity contribution < 1.29 is 9.90 Å². The summed E-state index contributed by atoms with van der Waals surface area (Å²) in [6.07, 6.45) is 0. The van der Waals surface area contributed by atoms with Crippen LogP contribution in [0.1, 0.15) is 12.5 Å². The molecule has 2 N–H and O–H groups in total. The van der Waals surface area contributed by atoms with E-state index in [1.807, 2.05) is 36.6 Å². The highest BCUT2D eigenvalue weighted by atomic mass is 32.1. The number of aryl methyl sites for hydroxylation is 1. The molecule has 1 aliphatic heterocycles. The second-order valence-electron chi connectivity index (χ2n) is 6.30. The van der Waals surface area contributed by atoms with Crippen LogP contribution in [-0.2, 0) is 4.79 Å². The molecule has 1 aliphatic rings. The number of carbonyl (C=O) groups excluding carboxylic acids is 1. The number of phenolic OH excluding ortho intramolecular Hbond substituents is 1. The molecule has 2 heterocycles. The summed E-state index contributed by atoms with van der Waals surface area (Å²) in [5.74, 6) is -0.180. The van der Waals surface area contributed by atoms with Gasteiger partial charge in [0, 0.05) is 10.9 Å². The van der Waals surface area contributed by atoms with Gasteiger partial charge in [-0.3, -0.25) is 10.2 Å². The van der Waals surface area contributed by atoms with Crippen LogP contribution in [0.15, 0.2) is 64.1 Å². The van der Waals surface area contributed by atoms with E-state index in [0.717, 1.165) is 11.3 Å². The van der Waals surface area contributed by atoms with Crippen LogP contribution in [0.4, 0.5) is 10.8 Å². The summed E-state index contributed by atoms with van der Waals surface area (Å²) < 4.78 is 0. The third-order valence-electron chi connectivity index (χ3n) is 4.17. The molecule has 0 unspecified atom stereocenters. The quantitative estimate of drug-likeness (QED) is 0.519. The SMILES string of the molecule is CC1=NN(c2nc(-c3ccc(C)cc3)cs2)C(=O)/C1=N\Nc1ccc(O)cc1. The highest BCUT2D eigenvalue weighted by molar-refractivity contribution is 7.14. The highest BCUT2D eigenvalue weighted by Gasteiger charge is 2.32. The van der Waals surface area contributed by atoms with Crippen molar-refractivity contribution >= 4 is 39.5 Å². The largest absolute Gasteiger partial charge is 0.508 e. The van der Waals surface area contributed by atoms with Gasteiger partial charge in [-0.15, -0.1) is 11.3 Å². The van der Waals surface area contributed by atoms with Crippen LogP contribution in [-0.4, -0.2) is 27.4 Å². The van der Waals surface area contributed by atoms with Crippen molar-refractivity contribution in [1.82, 2.24) is 4.98 Å². The first kappa shape index (κ1) is 17.9. The summed E-state index contributed by atoms with van der Waals surface area (Å²) in [6, 6.07) is 14.5. The predicted octanol–water partition coefficient (Wildman–Crippen LogP) is 4.01. The molecule has 0 bridgehead atoms. The first-order chi connectivity index (χ1) is 13.5. The Labute approximate surface area is 165 Å². The van der Waals surface area contributed by atoms with E-state index in [1.54, 1.807) is 19.1 Å². The Morgan fingerprint density at radius 1 is 1.07 bits per heavy atom. The van der Waals surface area contributed by atoms with E-state index in [1.165, 1.54) is 34.0 Å². The predicted molar refractivity (Wildman–Crippen MR) is 112 cm³/mol. The number of nitrogens with one attached hydrogen (secondary N) is 1. The van der Waals surface area contributed by atoms with Gasteiger partial charge < -0.3 is 5.11 Å². The Hall–Kier alpha value is -3.52. The lowest BCUT2D eigenvalue weighted by molar-refractivity contribution is -0.112. The van der Waals surface area contributed by atoms with Gasteiger partial charge >= 0.3 is 5.91 Å². The maximum atomic E-state index is 12.7. The van der Waals surface area contributed by atoms with Gasteiger partial charge in [-0.05, 0) is 38.1 Å². The Bertz CT molecular complexity index is 1080. The van der Waals surface area contributed by atoms with Crippen molar-refractivity contribution in [2.24, 2.45) is 10.2 Å². The zero-order valence-electron chi connectivity index (χ0n) is 15.2. The Morgan fingerprint density at radius 3 is 2.50 bits per heavy atom. The van der Waals surface area contributed by atoms with E-state index in [9.17, 15) is 9.90 Å². The van der Waals surface area contributed by atoms with Crippen molar-refractivity contribution in [2.45, 2.75) is 13.8 Å². The lowest BCUT2D eigenvalue weighted by atomic mass is 10.1. The molecule has 2 aromatic carbocycles. The average molecular weight is 391 g/mol. The third-order valence-corrected chi connectivity index (χ3v) is 4.99. The molecule has 3 aromatic rings. The van der Waals surface area contributed by atoms with Gasteiger partial charge in [-0.25, -0.2) is 4.98 Å². The van der Waals surface area contributed by atoms with Crippen molar-refractivity contribution in [3.63, 3.8) is 0 Å². The maximum absolute atomic E-state index is 12.7. The number of anilines is 2. The molecule has 28 heavy (non-hydrogen) atoms. The minimum Gasteiger partial charge on any atom is -0.508 e. The number of benzene rings is 2. The molecule has 0 fully saturated rings. The molecule has 0 saturated carbocycles. The summed E-state index contributed by atoms with van der Waals surface area (Å²) in [6.45, 7) is 3.76. The van der Waals surface area contributed by atoms with Crippen LogP contribution in [0.25, 0.3) is 11.3 Å². The monoisotopic (exact) mass is 391 g/mol. The van der Waals surface area contributed by atoms with Crippen LogP contribution < -0.4 is 10.4 Å². The van der Waals surface area contributed by atoms with Crippen molar-refractivity contribution in [3.8, 4) is 17.0 Å². The van der Waals surface area contributed by atoms with Crippen LogP contribution in [0, 0.1) is 6.92 Å². The number of hydrazone groups is 2. The number of phenols is 1. The molecule has 0 aliphatic carbocycles. The van der Waals surface area contributed by atoms with Crippen LogP contribution >= 0.6 is 11.3 Å². The molecule has 0 atom stereocenters. The minimum atomic E-state index is -0.339. The number of thiazole rings is 1. The fraction of sp³-hybridized carbons (Fsp3) is 0.100. The van der Waals surface area contributed by atoms with Crippen LogP contribution in [0.2, 0.25) is 0 Å². The lowest BCUT2D eigenvalue weighted by Gasteiger charge is -2.06. The van der Waals surface area contributed by atoms with E-state index in [-0.39, 0.29) is 17.4 Å². The molecule has 7 nitrogen and oxygen atoms in total. The molecule has 4 rings (SSSR count). The molecule has 1 aromatic heterocycles. The van der Waals surface area contributed by atoms with Crippen molar-refractivity contribution in [2.75, 3.05) is 10.4 Å². The molecule has 1 amide bonds. The molecular formula is C20H17N5O2S. The Kier molecular flexibility index (Phi) is 4.62. The Morgan fingerprint density at radius 2 is 1.79 bits per heavy atom. The molecule has 0 radical (unpaired) electrons. The number of carbonyl (C=O) groups is 1. The van der Waals surface area contributed by atoms with Gasteiger partial charge in [-0.2, -0.15) is 15.2 Å². The number of aromatic hydroxyl groups is 1. The third kappa shape index (κ3) is 3.49. The summed E-state index contributed by atoms with van der Waals surface area (Å²) >= 11 is 1.35. The highest BCUT2D eigenvalue weighted by Crippen LogP contribution is 2.29. The standard InChI is InChI=1S/C20H17N5O2S/c1-12-3-5-14(6-4-12)17-11-28-20(21-17)25-19(27)18(13(2)24-25)23-22-15-7-9-16(26)10-8-15/h3-11,22,26H,1-2H3/b23-18-. The van der Waals surface area contributed by atoms with Crippen LogP contribution in [0.5, 0.6) is 5.75 Å². The average Bonchev–Trinajstić information content (AvgIpc) is 3.27. The van der Waals surface area contributed by atoms with E-state index in [0.29, 0.717) is 16.5 Å². The minimum absolute atomic E-state index is 0.159. The number of aromatic nitrogens is 1. The van der Waals surface area contributed by atoms with Gasteiger partial charge in [0.25, 0.3) is 0 Å². The van der Waals surface area contributed by atoms with Crippen molar-refractivity contribution in [1.29, 1.82) is 0 Å². The van der Waals surface area contributed by atoms with Gasteiger partial charge in [0.2, 0.25) is 5.13 Å². The molecule has 8 heteroatoms. The topological polar surface area (TPSA) is 90.2 Å². The summed E-state index contributed by atoms with van der Waals surface area (Å²) in [7, 11) is 0. The number of nitrogens with zero attached hydrogens (tertiary/aromatic N) is 4. The first-order valence-electron chi connectivity index (χ1n) is 8.56. The summed E-state index contributed by atoms with van der Waals surface area (Å²) in [4.78, 5) is 17.3. The van der Waals surface area contributed by atoms with E-state index < -0.39 is 0 Å². The second kappa shape index (κ2) is 7.24. The molecule has 0 spiro atoms. The van der Waals surface area contributed by atoms with Gasteiger partial charge in [0.1, 0.15) is 5.75 Å². The smallest absolute Gasteiger partial charge is 0.303 e.